The quantitative estimate of drug-likeness (QED) is 0.612. The van der Waals surface area contributed by atoms with Crippen LogP contribution in [0.15, 0.2) is 18.2 Å². The number of amides is 1. The van der Waals surface area contributed by atoms with Gasteiger partial charge >= 0.3 is 0 Å². The summed E-state index contributed by atoms with van der Waals surface area (Å²) in [5.74, 6) is 1.64. The molecule has 2 fully saturated rings. The highest BCUT2D eigenvalue weighted by Gasteiger charge is 2.32. The summed E-state index contributed by atoms with van der Waals surface area (Å²) in [5, 5.41) is 10.8. The molecule has 3 rings (SSSR count). The van der Waals surface area contributed by atoms with Gasteiger partial charge in [0.2, 0.25) is 0 Å². The van der Waals surface area contributed by atoms with Crippen molar-refractivity contribution >= 4 is 23.2 Å². The maximum atomic E-state index is 12.4. The van der Waals surface area contributed by atoms with Crippen LogP contribution < -0.4 is 4.74 Å². The molecule has 0 unspecified atom stereocenters. The third-order valence-electron chi connectivity index (χ3n) is 5.12. The number of benzene rings is 1. The third-order valence-corrected chi connectivity index (χ3v) is 5.42. The van der Waals surface area contributed by atoms with Crippen molar-refractivity contribution in [3.05, 3.63) is 33.3 Å². The lowest BCUT2D eigenvalue weighted by atomic mass is 9.75. The Balaban J connectivity index is 1.55. The molecule has 0 spiro atoms. The summed E-state index contributed by atoms with van der Waals surface area (Å²) in [6.45, 7) is 1.52. The van der Waals surface area contributed by atoms with Gasteiger partial charge in [0.25, 0.3) is 11.6 Å². The Labute approximate surface area is 145 Å². The van der Waals surface area contributed by atoms with Gasteiger partial charge in [-0.15, -0.1) is 0 Å². The molecule has 7 heteroatoms. The van der Waals surface area contributed by atoms with E-state index in [0.717, 1.165) is 25.4 Å². The lowest BCUT2D eigenvalue weighted by Gasteiger charge is -2.41. The number of carbonyl (C=O) groups excluding carboxylic acids is 1. The lowest BCUT2D eigenvalue weighted by molar-refractivity contribution is -0.384. The summed E-state index contributed by atoms with van der Waals surface area (Å²) in [6, 6.07) is 3.98. The molecule has 130 valence electrons. The standard InChI is InChI=1S/C17H21ClN2O4/c18-15-9-14(20(22)23)5-6-16(15)24-11-17(21)19-8-7-12-3-1-2-4-13(12)10-19/h5-6,9,12-13H,1-4,7-8,10-11H2/t12-,13-/m0/s1. The van der Waals surface area contributed by atoms with Crippen molar-refractivity contribution in [1.29, 1.82) is 0 Å². The highest BCUT2D eigenvalue weighted by Crippen LogP contribution is 2.36. The van der Waals surface area contributed by atoms with E-state index >= 15 is 0 Å². The molecule has 0 N–H and O–H groups in total. The zero-order valence-electron chi connectivity index (χ0n) is 13.4. The number of hydrogen-bond donors (Lipinski definition) is 0. The molecule has 1 aromatic rings. The number of nitro benzene ring substituents is 1. The first kappa shape index (κ1) is 17.0. The fourth-order valence-electron chi connectivity index (χ4n) is 3.78. The van der Waals surface area contributed by atoms with Crippen LogP contribution in [0.2, 0.25) is 5.02 Å². The number of non-ortho nitro benzene ring substituents is 1. The van der Waals surface area contributed by atoms with Crippen molar-refractivity contribution in [2.45, 2.75) is 32.1 Å². The van der Waals surface area contributed by atoms with Gasteiger partial charge in [-0.3, -0.25) is 14.9 Å². The molecule has 0 aromatic heterocycles. The van der Waals surface area contributed by atoms with Crippen molar-refractivity contribution in [2.24, 2.45) is 11.8 Å². The summed E-state index contributed by atoms with van der Waals surface area (Å²) in [5.41, 5.74) is -0.0990. The highest BCUT2D eigenvalue weighted by atomic mass is 35.5. The van der Waals surface area contributed by atoms with E-state index in [2.05, 4.69) is 0 Å². The topological polar surface area (TPSA) is 72.7 Å². The number of hydrogen-bond acceptors (Lipinski definition) is 4. The van der Waals surface area contributed by atoms with Gasteiger partial charge in [-0.05, 0) is 30.7 Å². The number of nitrogens with zero attached hydrogens (tertiary/aromatic N) is 2. The first-order valence-electron chi connectivity index (χ1n) is 8.39. The maximum Gasteiger partial charge on any atom is 0.271 e. The second kappa shape index (κ2) is 7.38. The van der Waals surface area contributed by atoms with Gasteiger partial charge < -0.3 is 9.64 Å². The van der Waals surface area contributed by atoms with Crippen LogP contribution in [0.3, 0.4) is 0 Å². The molecule has 0 radical (unpaired) electrons. The van der Waals surface area contributed by atoms with E-state index in [9.17, 15) is 14.9 Å². The van der Waals surface area contributed by atoms with E-state index < -0.39 is 4.92 Å². The van der Waals surface area contributed by atoms with Crippen LogP contribution >= 0.6 is 11.6 Å². The van der Waals surface area contributed by atoms with Gasteiger partial charge in [-0.1, -0.05) is 30.9 Å². The SMILES string of the molecule is O=C(COc1ccc([N+](=O)[O-])cc1Cl)N1CC[C@@H]2CCCC[C@H]2C1. The maximum absolute atomic E-state index is 12.4. The number of piperidine rings is 1. The van der Waals surface area contributed by atoms with Crippen molar-refractivity contribution in [2.75, 3.05) is 19.7 Å². The van der Waals surface area contributed by atoms with E-state index in [4.69, 9.17) is 16.3 Å². The van der Waals surface area contributed by atoms with Gasteiger partial charge in [0.05, 0.1) is 9.95 Å². The predicted octanol–water partition coefficient (Wildman–Crippen LogP) is 3.67. The number of fused-ring (bicyclic) bond motifs is 1. The molecule has 1 saturated carbocycles. The van der Waals surface area contributed by atoms with Crippen LogP contribution in [0.5, 0.6) is 5.75 Å². The Hall–Kier alpha value is -1.82. The molecule has 2 atom stereocenters. The number of halogens is 1. The average molecular weight is 353 g/mol. The minimum absolute atomic E-state index is 0.0477. The van der Waals surface area contributed by atoms with Crippen LogP contribution in [0.4, 0.5) is 5.69 Å². The van der Waals surface area contributed by atoms with Gasteiger partial charge in [0.15, 0.2) is 6.61 Å². The predicted molar refractivity (Wildman–Crippen MR) is 90.2 cm³/mol. The molecule has 1 aromatic carbocycles. The van der Waals surface area contributed by atoms with Crippen molar-refractivity contribution < 1.29 is 14.5 Å². The Bertz CT molecular complexity index is 637. The summed E-state index contributed by atoms with van der Waals surface area (Å²) in [4.78, 5) is 24.4. The van der Waals surface area contributed by atoms with E-state index in [-0.39, 0.29) is 23.2 Å². The van der Waals surface area contributed by atoms with Crippen LogP contribution in [-0.4, -0.2) is 35.4 Å². The summed E-state index contributed by atoms with van der Waals surface area (Å²) in [6.07, 6.45) is 6.16. The van der Waals surface area contributed by atoms with E-state index in [1.165, 1.54) is 43.9 Å². The monoisotopic (exact) mass is 352 g/mol. The summed E-state index contributed by atoms with van der Waals surface area (Å²) < 4.78 is 5.48. The summed E-state index contributed by atoms with van der Waals surface area (Å²) >= 11 is 5.98. The molecular weight excluding hydrogens is 332 g/mol. The van der Waals surface area contributed by atoms with Crippen molar-refractivity contribution in [3.8, 4) is 5.75 Å². The second-order valence-corrected chi connectivity index (χ2v) is 7.00. The minimum atomic E-state index is -0.519. The van der Waals surface area contributed by atoms with Crippen LogP contribution in [0.25, 0.3) is 0 Å². The number of likely N-dealkylation sites (tertiary alicyclic amines) is 1. The van der Waals surface area contributed by atoms with Crippen LogP contribution in [0.1, 0.15) is 32.1 Å². The lowest BCUT2D eigenvalue weighted by Crippen LogP contribution is -2.46. The smallest absolute Gasteiger partial charge is 0.271 e. The fourth-order valence-corrected chi connectivity index (χ4v) is 4.01. The highest BCUT2D eigenvalue weighted by molar-refractivity contribution is 6.32. The molecule has 6 nitrogen and oxygen atoms in total. The number of carbonyl (C=O) groups is 1. The third kappa shape index (κ3) is 3.80. The second-order valence-electron chi connectivity index (χ2n) is 6.59. The first-order valence-corrected chi connectivity index (χ1v) is 8.77. The molecule has 1 amide bonds. The number of nitro groups is 1. The molecule has 1 saturated heterocycles. The Kier molecular flexibility index (Phi) is 5.23. The largest absolute Gasteiger partial charge is 0.482 e. The van der Waals surface area contributed by atoms with Gasteiger partial charge in [-0.25, -0.2) is 0 Å². The molecular formula is C17H21ClN2O4. The average Bonchev–Trinajstić information content (AvgIpc) is 2.59. The Morgan fingerprint density at radius 2 is 2.04 bits per heavy atom. The normalized spacial score (nSPS) is 23.5. The molecule has 2 aliphatic rings. The Morgan fingerprint density at radius 3 is 2.75 bits per heavy atom. The molecule has 1 heterocycles. The van der Waals surface area contributed by atoms with Crippen molar-refractivity contribution in [1.82, 2.24) is 4.90 Å². The van der Waals surface area contributed by atoms with E-state index in [0.29, 0.717) is 11.7 Å². The van der Waals surface area contributed by atoms with Crippen LogP contribution in [-0.2, 0) is 4.79 Å². The van der Waals surface area contributed by atoms with Gasteiger partial charge in [0, 0.05) is 25.2 Å². The number of rotatable bonds is 4. The zero-order chi connectivity index (χ0) is 17.1. The van der Waals surface area contributed by atoms with Gasteiger partial charge in [0.1, 0.15) is 5.75 Å². The molecule has 0 bridgehead atoms. The van der Waals surface area contributed by atoms with Gasteiger partial charge in [-0.2, -0.15) is 0 Å². The zero-order valence-corrected chi connectivity index (χ0v) is 14.2. The first-order chi connectivity index (χ1) is 11.5. The van der Waals surface area contributed by atoms with Crippen molar-refractivity contribution in [3.63, 3.8) is 0 Å². The fraction of sp³-hybridized carbons (Fsp3) is 0.588. The minimum Gasteiger partial charge on any atom is -0.482 e. The molecule has 24 heavy (non-hydrogen) atoms. The summed E-state index contributed by atoms with van der Waals surface area (Å²) in [7, 11) is 0. The van der Waals surface area contributed by atoms with Crippen LogP contribution in [0, 0.1) is 22.0 Å². The molecule has 1 aliphatic heterocycles. The Morgan fingerprint density at radius 1 is 1.29 bits per heavy atom. The molecule has 1 aliphatic carbocycles. The van der Waals surface area contributed by atoms with E-state index in [1.807, 2.05) is 4.90 Å². The number of ether oxygens (including phenoxy) is 1. The van der Waals surface area contributed by atoms with E-state index in [1.54, 1.807) is 0 Å².